The Morgan fingerprint density at radius 3 is 2.44 bits per heavy atom. The minimum absolute atomic E-state index is 0.771. The van der Waals surface area contributed by atoms with E-state index in [4.69, 9.17) is 0 Å². The van der Waals surface area contributed by atoms with Gasteiger partial charge in [0, 0.05) is 0 Å². The van der Waals surface area contributed by atoms with Crippen molar-refractivity contribution in [2.24, 2.45) is 0 Å². The summed E-state index contributed by atoms with van der Waals surface area (Å²) in [7, 11) is 0. The van der Waals surface area contributed by atoms with Gasteiger partial charge in [0.25, 0.3) is 0 Å². The molecule has 1 rings (SSSR count). The van der Waals surface area contributed by atoms with E-state index in [2.05, 4.69) is 21.8 Å². The van der Waals surface area contributed by atoms with Crippen LogP contribution in [0, 0.1) is 6.92 Å². The van der Waals surface area contributed by atoms with Crippen LogP contribution in [-0.4, -0.2) is 15.2 Å². The number of aromatic amines is 1. The van der Waals surface area contributed by atoms with E-state index in [1.807, 2.05) is 13.8 Å². The van der Waals surface area contributed by atoms with Crippen LogP contribution in [0.15, 0.2) is 6.58 Å². The van der Waals surface area contributed by atoms with Crippen LogP contribution in [-0.2, 0) is 0 Å². The summed E-state index contributed by atoms with van der Waals surface area (Å²) < 4.78 is 0. The lowest BCUT2D eigenvalue weighted by Gasteiger charge is -1.85. The van der Waals surface area contributed by atoms with Gasteiger partial charge >= 0.3 is 0 Å². The smallest absolute Gasteiger partial charge is 0.156 e. The molecule has 0 saturated carbocycles. The summed E-state index contributed by atoms with van der Waals surface area (Å²) in [5, 5.41) is 7.58. The maximum Gasteiger partial charge on any atom is 0.156 e. The molecule has 0 unspecified atom stereocenters. The molecule has 0 aliphatic heterocycles. The van der Waals surface area contributed by atoms with Crippen molar-refractivity contribution in [1.29, 1.82) is 0 Å². The van der Waals surface area contributed by atoms with Gasteiger partial charge in [-0.3, -0.25) is 0 Å². The highest BCUT2D eigenvalue weighted by atomic mass is 15.2. The van der Waals surface area contributed by atoms with Crippen molar-refractivity contribution in [1.82, 2.24) is 15.2 Å². The zero-order valence-corrected chi connectivity index (χ0v) is 5.60. The SMILES string of the molecule is C=C(C)c1nnc(C)[nH]1. The van der Waals surface area contributed by atoms with E-state index < -0.39 is 0 Å². The molecule has 0 amide bonds. The molecule has 0 spiro atoms. The molecule has 48 valence electrons. The van der Waals surface area contributed by atoms with Crippen molar-refractivity contribution in [3.63, 3.8) is 0 Å². The zero-order chi connectivity index (χ0) is 6.85. The summed E-state index contributed by atoms with van der Waals surface area (Å²) in [6.45, 7) is 7.45. The second-order valence-corrected chi connectivity index (χ2v) is 2.04. The molecule has 0 atom stereocenters. The molecular weight excluding hydrogens is 114 g/mol. The number of aromatic nitrogens is 3. The normalized spacial score (nSPS) is 9.56. The van der Waals surface area contributed by atoms with Crippen LogP contribution in [0.1, 0.15) is 18.6 Å². The lowest BCUT2D eigenvalue weighted by molar-refractivity contribution is 1.03. The van der Waals surface area contributed by atoms with Crippen LogP contribution in [0.5, 0.6) is 0 Å². The lowest BCUT2D eigenvalue weighted by atomic mass is 10.3. The van der Waals surface area contributed by atoms with Crippen LogP contribution in [0.25, 0.3) is 5.57 Å². The van der Waals surface area contributed by atoms with Gasteiger partial charge in [-0.1, -0.05) is 6.58 Å². The van der Waals surface area contributed by atoms with Gasteiger partial charge in [0.15, 0.2) is 5.82 Å². The molecule has 0 aliphatic rings. The molecule has 0 aliphatic carbocycles. The minimum Gasteiger partial charge on any atom is -0.325 e. The van der Waals surface area contributed by atoms with Crippen LogP contribution >= 0.6 is 0 Å². The Morgan fingerprint density at radius 1 is 1.56 bits per heavy atom. The Balaban J connectivity index is 2.98. The van der Waals surface area contributed by atoms with E-state index >= 15 is 0 Å². The number of nitrogens with zero attached hydrogens (tertiary/aromatic N) is 2. The molecule has 1 aromatic rings. The van der Waals surface area contributed by atoms with E-state index in [1.165, 1.54) is 0 Å². The third-order valence-corrected chi connectivity index (χ3v) is 1.00. The monoisotopic (exact) mass is 123 g/mol. The summed E-state index contributed by atoms with van der Waals surface area (Å²) in [6.07, 6.45) is 0. The highest BCUT2D eigenvalue weighted by Gasteiger charge is 1.96. The van der Waals surface area contributed by atoms with Gasteiger partial charge in [-0.15, -0.1) is 10.2 Å². The second kappa shape index (κ2) is 2.01. The average molecular weight is 123 g/mol. The quantitative estimate of drug-likeness (QED) is 0.608. The third kappa shape index (κ3) is 1.16. The van der Waals surface area contributed by atoms with Gasteiger partial charge < -0.3 is 4.98 Å². The fraction of sp³-hybridized carbons (Fsp3) is 0.333. The Hall–Kier alpha value is -1.12. The van der Waals surface area contributed by atoms with Crippen molar-refractivity contribution >= 4 is 5.57 Å². The first-order chi connectivity index (χ1) is 4.20. The van der Waals surface area contributed by atoms with Gasteiger partial charge in [0.2, 0.25) is 0 Å². The maximum absolute atomic E-state index is 3.81. The van der Waals surface area contributed by atoms with E-state index in [0.717, 1.165) is 17.2 Å². The van der Waals surface area contributed by atoms with Gasteiger partial charge in [0.05, 0.1) is 0 Å². The number of aryl methyl sites for hydroxylation is 1. The number of hydrogen-bond acceptors (Lipinski definition) is 2. The summed E-state index contributed by atoms with van der Waals surface area (Å²) in [4.78, 5) is 2.95. The maximum atomic E-state index is 3.81. The zero-order valence-electron chi connectivity index (χ0n) is 5.60. The van der Waals surface area contributed by atoms with Gasteiger partial charge in [-0.25, -0.2) is 0 Å². The van der Waals surface area contributed by atoms with E-state index in [9.17, 15) is 0 Å². The predicted molar refractivity (Wildman–Crippen MR) is 35.8 cm³/mol. The molecule has 1 aromatic heterocycles. The van der Waals surface area contributed by atoms with Crippen molar-refractivity contribution in [2.75, 3.05) is 0 Å². The average Bonchev–Trinajstić information content (AvgIpc) is 2.14. The molecule has 0 saturated heterocycles. The van der Waals surface area contributed by atoms with Crippen molar-refractivity contribution in [2.45, 2.75) is 13.8 Å². The molecule has 1 heterocycles. The fourth-order valence-corrected chi connectivity index (χ4v) is 0.538. The first-order valence-electron chi connectivity index (χ1n) is 2.75. The lowest BCUT2D eigenvalue weighted by Crippen LogP contribution is -1.79. The predicted octanol–water partition coefficient (Wildman–Crippen LogP) is 1.15. The number of allylic oxidation sites excluding steroid dienone is 1. The number of hydrogen-bond donors (Lipinski definition) is 1. The molecule has 0 aromatic carbocycles. The highest BCUT2D eigenvalue weighted by Crippen LogP contribution is 2.02. The van der Waals surface area contributed by atoms with Crippen LogP contribution in [0.3, 0.4) is 0 Å². The molecule has 0 bridgehead atoms. The van der Waals surface area contributed by atoms with E-state index in [1.54, 1.807) is 0 Å². The van der Waals surface area contributed by atoms with Crippen molar-refractivity contribution < 1.29 is 0 Å². The van der Waals surface area contributed by atoms with E-state index in [-0.39, 0.29) is 0 Å². The second-order valence-electron chi connectivity index (χ2n) is 2.04. The summed E-state index contributed by atoms with van der Waals surface area (Å²) in [5.74, 6) is 1.60. The Bertz CT molecular complexity index is 224. The molecule has 9 heavy (non-hydrogen) atoms. The van der Waals surface area contributed by atoms with E-state index in [0.29, 0.717) is 0 Å². The number of nitrogens with one attached hydrogen (secondary N) is 1. The summed E-state index contributed by atoms with van der Waals surface area (Å²) in [6, 6.07) is 0. The molecule has 3 nitrogen and oxygen atoms in total. The third-order valence-electron chi connectivity index (χ3n) is 1.00. The van der Waals surface area contributed by atoms with Gasteiger partial charge in [-0.05, 0) is 19.4 Å². The van der Waals surface area contributed by atoms with Crippen LogP contribution in [0.4, 0.5) is 0 Å². The van der Waals surface area contributed by atoms with Crippen molar-refractivity contribution in [3.8, 4) is 0 Å². The topological polar surface area (TPSA) is 41.6 Å². The van der Waals surface area contributed by atoms with Crippen molar-refractivity contribution in [3.05, 3.63) is 18.2 Å². The molecule has 0 fully saturated rings. The molecule has 0 radical (unpaired) electrons. The Morgan fingerprint density at radius 2 is 2.22 bits per heavy atom. The van der Waals surface area contributed by atoms with Crippen LogP contribution < -0.4 is 0 Å². The minimum atomic E-state index is 0.771. The number of H-pyrrole nitrogens is 1. The first kappa shape index (κ1) is 6.01. The largest absolute Gasteiger partial charge is 0.325 e. The standard InChI is InChI=1S/C6H9N3/c1-4(2)6-7-5(3)8-9-6/h1H2,2-3H3,(H,7,8,9). The first-order valence-corrected chi connectivity index (χ1v) is 2.75. The Labute approximate surface area is 53.8 Å². The molecule has 1 N–H and O–H groups in total. The van der Waals surface area contributed by atoms with Crippen LogP contribution in [0.2, 0.25) is 0 Å². The summed E-state index contributed by atoms with van der Waals surface area (Å²) >= 11 is 0. The molecule has 3 heteroatoms. The van der Waals surface area contributed by atoms with Gasteiger partial charge in [0.1, 0.15) is 5.82 Å². The summed E-state index contributed by atoms with van der Waals surface area (Å²) in [5.41, 5.74) is 0.913. The fourth-order valence-electron chi connectivity index (χ4n) is 0.538. The van der Waals surface area contributed by atoms with Gasteiger partial charge in [-0.2, -0.15) is 0 Å². The highest BCUT2D eigenvalue weighted by molar-refractivity contribution is 5.53. The Kier molecular flexibility index (Phi) is 1.34. The molecular formula is C6H9N3. The number of rotatable bonds is 1.